The van der Waals surface area contributed by atoms with Crippen LogP contribution in [0.3, 0.4) is 0 Å². The number of benzene rings is 4. The number of hydrogen-bond acceptors (Lipinski definition) is 5. The minimum absolute atomic E-state index is 0.0688. The first-order chi connectivity index (χ1) is 19.9. The summed E-state index contributed by atoms with van der Waals surface area (Å²) in [5.74, 6) is -0.307. The van der Waals surface area contributed by atoms with Gasteiger partial charge in [-0.3, -0.25) is 19.4 Å². The van der Waals surface area contributed by atoms with E-state index in [0.717, 1.165) is 10.0 Å². The molecular weight excluding hydrogens is 624 g/mol. The first-order valence-corrected chi connectivity index (χ1v) is 14.3. The van der Waals surface area contributed by atoms with Gasteiger partial charge < -0.3 is 9.47 Å². The smallest absolute Gasteiger partial charge is 0.270 e. The number of carbonyl (C=O) groups is 2. The lowest BCUT2D eigenvalue weighted by molar-refractivity contribution is -0.120. The van der Waals surface area contributed by atoms with Crippen LogP contribution in [-0.2, 0) is 16.2 Å². The van der Waals surface area contributed by atoms with E-state index in [1.165, 1.54) is 15.9 Å². The second-order valence-electron chi connectivity index (χ2n) is 8.97. The molecule has 9 heteroatoms. The van der Waals surface area contributed by atoms with E-state index in [-0.39, 0.29) is 22.3 Å². The van der Waals surface area contributed by atoms with E-state index in [0.29, 0.717) is 35.0 Å². The van der Waals surface area contributed by atoms with Gasteiger partial charge in [0.2, 0.25) is 0 Å². The Balaban J connectivity index is 1.55. The molecule has 0 spiro atoms. The van der Waals surface area contributed by atoms with Crippen molar-refractivity contribution in [2.24, 2.45) is 0 Å². The Bertz CT molecular complexity index is 1570. The Kier molecular flexibility index (Phi) is 8.83. The minimum atomic E-state index is -0.539. The van der Waals surface area contributed by atoms with Gasteiger partial charge in [-0.25, -0.2) is 0 Å². The van der Waals surface area contributed by atoms with E-state index < -0.39 is 11.8 Å². The van der Waals surface area contributed by atoms with Crippen molar-refractivity contribution < 1.29 is 19.1 Å². The number of halogens is 2. The molecule has 0 unspecified atom stereocenters. The maximum Gasteiger partial charge on any atom is 0.270 e. The summed E-state index contributed by atoms with van der Waals surface area (Å²) in [7, 11) is 0. The Morgan fingerprint density at radius 3 is 1.93 bits per heavy atom. The van der Waals surface area contributed by atoms with Crippen LogP contribution >= 0.6 is 39.7 Å². The predicted octanol–water partition coefficient (Wildman–Crippen LogP) is 7.83. The fourth-order valence-electron chi connectivity index (χ4n) is 4.32. The molecule has 1 aliphatic heterocycles. The monoisotopic (exact) mass is 646 g/mol. The number of anilines is 2. The SMILES string of the molecule is CCOc1cc(C=C2C(=O)N(c3ccccc3)C(=S)N(c3ccccc3)C2=O)cc(Cl)c1OCc1ccc(Br)cc1. The van der Waals surface area contributed by atoms with Crippen LogP contribution in [0.25, 0.3) is 6.08 Å². The standard InChI is InChI=1S/C32H24BrClN2O4S/c1-2-39-28-19-22(18-27(34)29(28)40-20-21-13-15-23(33)16-14-21)17-26-30(37)35(24-9-5-3-6-10-24)32(41)36(31(26)38)25-11-7-4-8-12-25/h3-19H,2,20H2,1H3. The fraction of sp³-hybridized carbons (Fsp3) is 0.0938. The summed E-state index contributed by atoms with van der Waals surface area (Å²) in [4.78, 5) is 30.3. The van der Waals surface area contributed by atoms with Crippen molar-refractivity contribution in [1.29, 1.82) is 0 Å². The summed E-state index contributed by atoms with van der Waals surface area (Å²) in [5, 5.41) is 0.352. The fourth-order valence-corrected chi connectivity index (χ4v) is 5.23. The normalized spacial score (nSPS) is 13.4. The zero-order valence-electron chi connectivity index (χ0n) is 21.9. The second-order valence-corrected chi connectivity index (χ2v) is 10.7. The molecule has 4 aromatic rings. The maximum absolute atomic E-state index is 13.8. The first kappa shape index (κ1) is 28.5. The average molecular weight is 648 g/mol. The van der Waals surface area contributed by atoms with E-state index in [1.54, 1.807) is 60.7 Å². The van der Waals surface area contributed by atoms with Crippen LogP contribution in [0.5, 0.6) is 11.5 Å². The van der Waals surface area contributed by atoms with Gasteiger partial charge in [0, 0.05) is 4.47 Å². The Hall–Kier alpha value is -3.98. The summed E-state index contributed by atoms with van der Waals surface area (Å²) < 4.78 is 12.9. The van der Waals surface area contributed by atoms with Crippen molar-refractivity contribution in [2.45, 2.75) is 13.5 Å². The third-order valence-corrected chi connectivity index (χ3v) is 7.39. The van der Waals surface area contributed by atoms with Gasteiger partial charge in [-0.2, -0.15) is 0 Å². The molecule has 41 heavy (non-hydrogen) atoms. The van der Waals surface area contributed by atoms with Crippen LogP contribution < -0.4 is 19.3 Å². The molecule has 0 aromatic heterocycles. The molecule has 206 valence electrons. The highest BCUT2D eigenvalue weighted by Crippen LogP contribution is 2.39. The van der Waals surface area contributed by atoms with Crippen molar-refractivity contribution in [3.8, 4) is 11.5 Å². The molecule has 5 rings (SSSR count). The van der Waals surface area contributed by atoms with Gasteiger partial charge in [-0.15, -0.1) is 0 Å². The largest absolute Gasteiger partial charge is 0.490 e. The van der Waals surface area contributed by atoms with Crippen LogP contribution in [0.1, 0.15) is 18.1 Å². The highest BCUT2D eigenvalue weighted by atomic mass is 79.9. The Morgan fingerprint density at radius 2 is 1.39 bits per heavy atom. The number of hydrogen-bond donors (Lipinski definition) is 0. The lowest BCUT2D eigenvalue weighted by Gasteiger charge is -2.36. The molecule has 2 amide bonds. The van der Waals surface area contributed by atoms with E-state index in [4.69, 9.17) is 33.3 Å². The predicted molar refractivity (Wildman–Crippen MR) is 170 cm³/mol. The lowest BCUT2D eigenvalue weighted by atomic mass is 10.0. The van der Waals surface area contributed by atoms with Gasteiger partial charge >= 0.3 is 0 Å². The summed E-state index contributed by atoms with van der Waals surface area (Å²) in [6.45, 7) is 2.49. The van der Waals surface area contributed by atoms with E-state index in [2.05, 4.69) is 15.9 Å². The topological polar surface area (TPSA) is 59.1 Å². The molecule has 0 bridgehead atoms. The highest BCUT2D eigenvalue weighted by Gasteiger charge is 2.41. The number of para-hydroxylation sites is 2. The first-order valence-electron chi connectivity index (χ1n) is 12.8. The number of thiocarbonyl (C=S) groups is 1. The molecular formula is C32H24BrClN2O4S. The Morgan fingerprint density at radius 1 is 0.829 bits per heavy atom. The van der Waals surface area contributed by atoms with Crippen LogP contribution in [0.4, 0.5) is 11.4 Å². The third kappa shape index (κ3) is 6.20. The minimum Gasteiger partial charge on any atom is -0.490 e. The third-order valence-electron chi connectivity index (χ3n) is 6.22. The average Bonchev–Trinajstić information content (AvgIpc) is 2.97. The van der Waals surface area contributed by atoms with E-state index in [9.17, 15) is 9.59 Å². The highest BCUT2D eigenvalue weighted by molar-refractivity contribution is 9.10. The van der Waals surface area contributed by atoms with Crippen molar-refractivity contribution >= 4 is 74.1 Å². The van der Waals surface area contributed by atoms with Crippen molar-refractivity contribution in [2.75, 3.05) is 16.4 Å². The molecule has 1 saturated heterocycles. The molecule has 0 N–H and O–H groups in total. The van der Waals surface area contributed by atoms with Gasteiger partial charge in [0.15, 0.2) is 16.6 Å². The summed E-state index contributed by atoms with van der Waals surface area (Å²) in [5.41, 5.74) is 2.47. The van der Waals surface area contributed by atoms with Gasteiger partial charge in [-0.05, 0) is 84.9 Å². The molecule has 4 aromatic carbocycles. The molecule has 1 aliphatic rings. The van der Waals surface area contributed by atoms with Gasteiger partial charge in [-0.1, -0.05) is 76.1 Å². The maximum atomic E-state index is 13.8. The van der Waals surface area contributed by atoms with E-state index >= 15 is 0 Å². The lowest BCUT2D eigenvalue weighted by Crippen LogP contribution is -2.56. The van der Waals surface area contributed by atoms with Crippen LogP contribution in [0.2, 0.25) is 5.02 Å². The summed E-state index contributed by atoms with van der Waals surface area (Å²) in [6.07, 6.45) is 1.51. The molecule has 0 atom stereocenters. The molecule has 1 heterocycles. The quantitative estimate of drug-likeness (QED) is 0.111. The molecule has 6 nitrogen and oxygen atoms in total. The summed E-state index contributed by atoms with van der Waals surface area (Å²) in [6, 6.07) is 29.1. The van der Waals surface area contributed by atoms with Crippen molar-refractivity contribution in [3.63, 3.8) is 0 Å². The van der Waals surface area contributed by atoms with Crippen molar-refractivity contribution in [3.05, 3.63) is 123 Å². The number of carbonyl (C=O) groups excluding carboxylic acids is 2. The van der Waals surface area contributed by atoms with E-state index in [1.807, 2.05) is 43.3 Å². The molecule has 0 aliphatic carbocycles. The van der Waals surface area contributed by atoms with Crippen LogP contribution in [0, 0.1) is 0 Å². The number of rotatable bonds is 8. The van der Waals surface area contributed by atoms with Crippen LogP contribution in [-0.4, -0.2) is 23.5 Å². The molecule has 1 fully saturated rings. The van der Waals surface area contributed by atoms with Gasteiger partial charge in [0.05, 0.1) is 23.0 Å². The number of nitrogens with zero attached hydrogens (tertiary/aromatic N) is 2. The zero-order chi connectivity index (χ0) is 28.9. The number of ether oxygens (including phenoxy) is 2. The Labute approximate surface area is 256 Å². The van der Waals surface area contributed by atoms with Gasteiger partial charge in [0.25, 0.3) is 11.8 Å². The van der Waals surface area contributed by atoms with Crippen molar-refractivity contribution in [1.82, 2.24) is 0 Å². The van der Waals surface area contributed by atoms with Gasteiger partial charge in [0.1, 0.15) is 12.2 Å². The molecule has 0 saturated carbocycles. The second kappa shape index (κ2) is 12.7. The number of amides is 2. The van der Waals surface area contributed by atoms with Crippen LogP contribution in [0.15, 0.2) is 107 Å². The summed E-state index contributed by atoms with van der Waals surface area (Å²) >= 11 is 15.8. The zero-order valence-corrected chi connectivity index (χ0v) is 25.1. The molecule has 0 radical (unpaired) electrons.